The summed E-state index contributed by atoms with van der Waals surface area (Å²) < 4.78 is 48.9. The van der Waals surface area contributed by atoms with Crippen LogP contribution >= 0.6 is 0 Å². The first-order valence-electron chi connectivity index (χ1n) is 10.3. The minimum atomic E-state index is -0.584. The van der Waals surface area contributed by atoms with Gasteiger partial charge in [0.15, 0.2) is 0 Å². The van der Waals surface area contributed by atoms with Crippen molar-refractivity contribution in [2.75, 3.05) is 5.32 Å². The molecule has 7 heteroatoms. The van der Waals surface area contributed by atoms with Gasteiger partial charge in [0.25, 0.3) is 0 Å². The van der Waals surface area contributed by atoms with Gasteiger partial charge in [0.2, 0.25) is 0 Å². The first-order valence-corrected chi connectivity index (χ1v) is 10.3. The molecule has 3 aromatic carbocycles. The standard InChI is InChI=1S/C25H20F3N3O/c26-18-7-4-16(5-8-18)15-32-19-9-10-23-17(12-19)6-11-24-30-14-25(31(23)24)29-13-20-21(27)2-1-3-22(20)28/h1-5,7-10,12,14,29H,6,11,13,15H2. The van der Waals surface area contributed by atoms with E-state index in [4.69, 9.17) is 4.74 Å². The lowest BCUT2D eigenvalue weighted by Gasteiger charge is -2.22. The van der Waals surface area contributed by atoms with E-state index in [1.165, 1.54) is 30.3 Å². The fourth-order valence-corrected chi connectivity index (χ4v) is 3.90. The Labute approximate surface area is 183 Å². The maximum Gasteiger partial charge on any atom is 0.131 e. The van der Waals surface area contributed by atoms with Crippen molar-refractivity contribution in [1.82, 2.24) is 9.55 Å². The van der Waals surface area contributed by atoms with Crippen LogP contribution in [-0.4, -0.2) is 9.55 Å². The number of aromatic nitrogens is 2. The summed E-state index contributed by atoms with van der Waals surface area (Å²) in [6, 6.07) is 15.9. The molecule has 0 atom stereocenters. The molecule has 1 aliphatic rings. The summed E-state index contributed by atoms with van der Waals surface area (Å²) in [6.45, 7) is 0.355. The molecule has 0 fully saturated rings. The van der Waals surface area contributed by atoms with Crippen molar-refractivity contribution in [3.8, 4) is 11.4 Å². The predicted molar refractivity (Wildman–Crippen MR) is 115 cm³/mol. The summed E-state index contributed by atoms with van der Waals surface area (Å²) in [4.78, 5) is 4.47. The number of aryl methyl sites for hydroxylation is 2. The number of imidazole rings is 1. The Bertz CT molecular complexity index is 1250. The molecule has 4 aromatic rings. The zero-order valence-electron chi connectivity index (χ0n) is 17.1. The van der Waals surface area contributed by atoms with E-state index < -0.39 is 11.6 Å². The van der Waals surface area contributed by atoms with E-state index in [9.17, 15) is 13.2 Å². The van der Waals surface area contributed by atoms with Crippen LogP contribution in [-0.2, 0) is 26.0 Å². The Morgan fingerprint density at radius 1 is 0.938 bits per heavy atom. The van der Waals surface area contributed by atoms with Crippen molar-refractivity contribution in [3.63, 3.8) is 0 Å². The number of ether oxygens (including phenoxy) is 1. The van der Waals surface area contributed by atoms with Crippen molar-refractivity contribution in [2.45, 2.75) is 26.0 Å². The third-order valence-corrected chi connectivity index (χ3v) is 5.57. The van der Waals surface area contributed by atoms with E-state index in [-0.39, 0.29) is 17.9 Å². The highest BCUT2D eigenvalue weighted by Gasteiger charge is 2.21. The van der Waals surface area contributed by atoms with Gasteiger partial charge in [-0.1, -0.05) is 18.2 Å². The molecule has 0 aliphatic carbocycles. The lowest BCUT2D eigenvalue weighted by molar-refractivity contribution is 0.305. The topological polar surface area (TPSA) is 39.1 Å². The minimum Gasteiger partial charge on any atom is -0.489 e. The number of nitrogens with one attached hydrogen (secondary N) is 1. The van der Waals surface area contributed by atoms with Crippen LogP contribution < -0.4 is 10.1 Å². The zero-order chi connectivity index (χ0) is 22.1. The Kier molecular flexibility index (Phi) is 5.31. The fourth-order valence-electron chi connectivity index (χ4n) is 3.90. The molecular weight excluding hydrogens is 415 g/mol. The van der Waals surface area contributed by atoms with Gasteiger partial charge in [0.1, 0.15) is 41.5 Å². The monoisotopic (exact) mass is 435 g/mol. The van der Waals surface area contributed by atoms with Crippen LogP contribution in [0.1, 0.15) is 22.5 Å². The van der Waals surface area contributed by atoms with E-state index in [0.29, 0.717) is 12.4 Å². The molecule has 2 heterocycles. The molecule has 32 heavy (non-hydrogen) atoms. The molecule has 0 amide bonds. The van der Waals surface area contributed by atoms with Crippen LogP contribution in [0.25, 0.3) is 5.69 Å². The highest BCUT2D eigenvalue weighted by Crippen LogP contribution is 2.31. The molecule has 162 valence electrons. The van der Waals surface area contributed by atoms with Crippen LogP contribution in [0.5, 0.6) is 5.75 Å². The summed E-state index contributed by atoms with van der Waals surface area (Å²) in [5, 5.41) is 3.12. The summed E-state index contributed by atoms with van der Waals surface area (Å²) >= 11 is 0. The maximum absolute atomic E-state index is 14.0. The highest BCUT2D eigenvalue weighted by molar-refractivity contribution is 5.55. The Hall–Kier alpha value is -3.74. The Morgan fingerprint density at radius 3 is 2.50 bits per heavy atom. The molecule has 0 spiro atoms. The Morgan fingerprint density at radius 2 is 1.72 bits per heavy atom. The minimum absolute atomic E-state index is 0.0105. The zero-order valence-corrected chi connectivity index (χ0v) is 17.1. The molecule has 1 aromatic heterocycles. The number of fused-ring (bicyclic) bond motifs is 3. The molecule has 0 unspecified atom stereocenters. The average molecular weight is 435 g/mol. The number of halogens is 3. The van der Waals surface area contributed by atoms with Crippen molar-refractivity contribution in [2.24, 2.45) is 0 Å². The normalized spacial score (nSPS) is 12.2. The van der Waals surface area contributed by atoms with E-state index in [2.05, 4.69) is 10.3 Å². The molecule has 1 N–H and O–H groups in total. The van der Waals surface area contributed by atoms with Gasteiger partial charge < -0.3 is 10.1 Å². The number of benzene rings is 3. The molecule has 5 rings (SSSR count). The largest absolute Gasteiger partial charge is 0.489 e. The molecule has 0 saturated carbocycles. The van der Waals surface area contributed by atoms with Crippen LogP contribution in [0, 0.1) is 17.5 Å². The molecule has 4 nitrogen and oxygen atoms in total. The van der Waals surface area contributed by atoms with Gasteiger partial charge >= 0.3 is 0 Å². The van der Waals surface area contributed by atoms with Crippen LogP contribution in [0.2, 0.25) is 0 Å². The second-order valence-corrected chi connectivity index (χ2v) is 7.65. The third-order valence-electron chi connectivity index (χ3n) is 5.57. The molecule has 0 radical (unpaired) electrons. The van der Waals surface area contributed by atoms with Gasteiger partial charge in [-0.15, -0.1) is 0 Å². The smallest absolute Gasteiger partial charge is 0.131 e. The maximum atomic E-state index is 14.0. The second kappa shape index (κ2) is 8.42. The summed E-state index contributed by atoms with van der Waals surface area (Å²) in [5.41, 5.74) is 2.91. The van der Waals surface area contributed by atoms with E-state index >= 15 is 0 Å². The number of anilines is 1. The second-order valence-electron chi connectivity index (χ2n) is 7.65. The Balaban J connectivity index is 1.35. The number of rotatable bonds is 6. The fraction of sp³-hybridized carbons (Fsp3) is 0.160. The van der Waals surface area contributed by atoms with Crippen molar-refractivity contribution in [3.05, 3.63) is 107 Å². The third kappa shape index (κ3) is 3.93. The number of nitrogens with zero attached hydrogens (tertiary/aromatic N) is 2. The van der Waals surface area contributed by atoms with Crippen LogP contribution in [0.15, 0.2) is 66.9 Å². The first-order chi connectivity index (χ1) is 15.6. The van der Waals surface area contributed by atoms with Crippen molar-refractivity contribution >= 4 is 5.82 Å². The van der Waals surface area contributed by atoms with E-state index in [1.807, 2.05) is 22.8 Å². The SMILES string of the molecule is Fc1ccc(COc2ccc3c(c2)CCc2ncc(NCc4c(F)cccc4F)n2-3)cc1. The quantitative estimate of drug-likeness (QED) is 0.430. The van der Waals surface area contributed by atoms with Gasteiger partial charge in [-0.3, -0.25) is 4.57 Å². The van der Waals surface area contributed by atoms with Gasteiger partial charge in [-0.25, -0.2) is 18.2 Å². The van der Waals surface area contributed by atoms with Crippen molar-refractivity contribution < 1.29 is 17.9 Å². The lowest BCUT2D eigenvalue weighted by atomic mass is 10.0. The van der Waals surface area contributed by atoms with Gasteiger partial charge in [0, 0.05) is 18.5 Å². The highest BCUT2D eigenvalue weighted by atomic mass is 19.1. The van der Waals surface area contributed by atoms with E-state index in [0.717, 1.165) is 41.2 Å². The predicted octanol–water partition coefficient (Wildman–Crippen LogP) is 5.58. The van der Waals surface area contributed by atoms with E-state index in [1.54, 1.807) is 18.3 Å². The molecule has 0 saturated heterocycles. The van der Waals surface area contributed by atoms with Gasteiger partial charge in [-0.2, -0.15) is 0 Å². The summed E-state index contributed by atoms with van der Waals surface area (Å²) in [5.74, 6) is 0.830. The number of hydrogen-bond acceptors (Lipinski definition) is 3. The number of hydrogen-bond donors (Lipinski definition) is 1. The van der Waals surface area contributed by atoms with Gasteiger partial charge in [0.05, 0.1) is 11.9 Å². The van der Waals surface area contributed by atoms with Crippen molar-refractivity contribution in [1.29, 1.82) is 0 Å². The molecule has 1 aliphatic heterocycles. The molecule has 0 bridgehead atoms. The van der Waals surface area contributed by atoms with Gasteiger partial charge in [-0.05, 0) is 60.0 Å². The lowest BCUT2D eigenvalue weighted by Crippen LogP contribution is -2.15. The first kappa shape index (κ1) is 20.2. The summed E-state index contributed by atoms with van der Waals surface area (Å²) in [7, 11) is 0. The van der Waals surface area contributed by atoms with Crippen LogP contribution in [0.3, 0.4) is 0 Å². The average Bonchev–Trinajstić information content (AvgIpc) is 3.22. The summed E-state index contributed by atoms with van der Waals surface area (Å²) in [6.07, 6.45) is 3.23. The molecular formula is C25H20F3N3O. The van der Waals surface area contributed by atoms with Crippen LogP contribution in [0.4, 0.5) is 19.0 Å².